The molecule has 47 heavy (non-hydrogen) atoms. The lowest BCUT2D eigenvalue weighted by Crippen LogP contribution is -2.14. The van der Waals surface area contributed by atoms with Gasteiger partial charge in [0.05, 0.1) is 7.11 Å². The van der Waals surface area contributed by atoms with Crippen LogP contribution in [0.15, 0.2) is 121 Å². The first-order valence-electron chi connectivity index (χ1n) is 15.3. The molecule has 6 rings (SSSR count). The highest BCUT2D eigenvalue weighted by Gasteiger charge is 2.48. The Bertz CT molecular complexity index is 1760. The van der Waals surface area contributed by atoms with Crippen LogP contribution in [0.5, 0.6) is 28.7 Å². The van der Waals surface area contributed by atoms with Crippen LogP contribution < -0.4 is 23.7 Å². The van der Waals surface area contributed by atoms with Gasteiger partial charge >= 0.3 is 0 Å². The highest BCUT2D eigenvalue weighted by molar-refractivity contribution is 6.06. The molecule has 8 heteroatoms. The van der Waals surface area contributed by atoms with E-state index in [0.29, 0.717) is 36.2 Å². The van der Waals surface area contributed by atoms with Gasteiger partial charge < -0.3 is 33.2 Å². The van der Waals surface area contributed by atoms with E-state index in [1.807, 2.05) is 109 Å². The molecule has 0 spiro atoms. The van der Waals surface area contributed by atoms with Crippen molar-refractivity contribution >= 4 is 5.78 Å². The fourth-order valence-corrected chi connectivity index (χ4v) is 5.14. The molecule has 0 aliphatic carbocycles. The lowest BCUT2D eigenvalue weighted by Gasteiger charge is -2.18. The molecule has 1 aliphatic heterocycles. The number of rotatable bonds is 16. The highest BCUT2D eigenvalue weighted by Crippen LogP contribution is 2.46. The third kappa shape index (κ3) is 8.10. The van der Waals surface area contributed by atoms with E-state index in [9.17, 15) is 4.79 Å². The van der Waals surface area contributed by atoms with Crippen LogP contribution in [0.4, 0.5) is 0 Å². The van der Waals surface area contributed by atoms with E-state index in [-0.39, 0.29) is 30.5 Å². The lowest BCUT2D eigenvalue weighted by molar-refractivity contribution is 0.0496. The second-order valence-electron chi connectivity index (χ2n) is 10.9. The monoisotopic (exact) mass is 632 g/mol. The number of Topliss-reactive ketones (excluding diaryl/α,β-unsaturated/α-hetero) is 1. The van der Waals surface area contributed by atoms with E-state index in [4.69, 9.17) is 33.2 Å². The molecule has 0 radical (unpaired) electrons. The van der Waals surface area contributed by atoms with Gasteiger partial charge in [-0.05, 0) is 34.4 Å². The molecule has 1 fully saturated rings. The summed E-state index contributed by atoms with van der Waals surface area (Å²) in [5.74, 6) is 1.97. The lowest BCUT2D eigenvalue weighted by atomic mass is 10.0. The van der Waals surface area contributed by atoms with Crippen molar-refractivity contribution in [2.24, 2.45) is 0 Å². The minimum absolute atomic E-state index is 0.0733. The van der Waals surface area contributed by atoms with Crippen molar-refractivity contribution in [3.05, 3.63) is 149 Å². The van der Waals surface area contributed by atoms with Crippen molar-refractivity contribution in [3.63, 3.8) is 0 Å². The highest BCUT2D eigenvalue weighted by atomic mass is 16.7. The Morgan fingerprint density at radius 3 is 1.68 bits per heavy atom. The second-order valence-corrected chi connectivity index (χ2v) is 10.9. The second kappa shape index (κ2) is 15.3. The Balaban J connectivity index is 1.27. The largest absolute Gasteiger partial charge is 0.493 e. The van der Waals surface area contributed by atoms with Crippen LogP contribution >= 0.6 is 0 Å². The van der Waals surface area contributed by atoms with E-state index < -0.39 is 12.2 Å². The van der Waals surface area contributed by atoms with Gasteiger partial charge in [-0.15, -0.1) is 0 Å². The number of carbonyl (C=O) groups is 1. The molecule has 0 aromatic heterocycles. The van der Waals surface area contributed by atoms with Crippen molar-refractivity contribution in [3.8, 4) is 28.7 Å². The maximum atomic E-state index is 14.2. The molecule has 2 unspecified atom stereocenters. The minimum atomic E-state index is -0.759. The topological polar surface area (TPSA) is 85.0 Å². The van der Waals surface area contributed by atoms with Gasteiger partial charge in [0.25, 0.3) is 0 Å². The first-order valence-corrected chi connectivity index (χ1v) is 15.3. The van der Waals surface area contributed by atoms with Crippen molar-refractivity contribution in [2.75, 3.05) is 21.0 Å². The summed E-state index contributed by atoms with van der Waals surface area (Å²) in [4.78, 5) is 14.2. The quantitative estimate of drug-likeness (QED) is 0.0621. The average molecular weight is 633 g/mol. The Morgan fingerprint density at radius 1 is 0.596 bits per heavy atom. The molecule has 1 saturated heterocycles. The van der Waals surface area contributed by atoms with E-state index >= 15 is 0 Å². The number of epoxide rings is 1. The zero-order chi connectivity index (χ0) is 32.4. The van der Waals surface area contributed by atoms with Gasteiger partial charge in [0.2, 0.25) is 5.78 Å². The molecule has 0 N–H and O–H groups in total. The van der Waals surface area contributed by atoms with Crippen LogP contribution in [0.1, 0.15) is 38.7 Å². The smallest absolute Gasteiger partial charge is 0.202 e. The SMILES string of the molecule is COCOc1cc(OCc2ccccc2)cc(OCc2ccccc2)c1C(=O)C1OC1c1ccc(OC)c(OCc2ccccc2)c1. The Labute approximate surface area is 274 Å². The Hall–Kier alpha value is -5.31. The molecular weight excluding hydrogens is 596 g/mol. The predicted molar refractivity (Wildman–Crippen MR) is 176 cm³/mol. The van der Waals surface area contributed by atoms with Gasteiger partial charge in [-0.1, -0.05) is 97.1 Å². The number of methoxy groups -OCH3 is 2. The van der Waals surface area contributed by atoms with Gasteiger partial charge in [-0.25, -0.2) is 0 Å². The minimum Gasteiger partial charge on any atom is -0.493 e. The molecule has 0 saturated carbocycles. The fourth-order valence-electron chi connectivity index (χ4n) is 5.14. The number of benzene rings is 5. The molecule has 1 aliphatic rings. The van der Waals surface area contributed by atoms with Gasteiger partial charge in [0, 0.05) is 19.2 Å². The summed E-state index contributed by atoms with van der Waals surface area (Å²) in [6.45, 7) is 0.865. The zero-order valence-corrected chi connectivity index (χ0v) is 26.3. The summed E-state index contributed by atoms with van der Waals surface area (Å²) in [5, 5.41) is 0. The molecule has 0 bridgehead atoms. The van der Waals surface area contributed by atoms with Crippen LogP contribution in [0, 0.1) is 0 Å². The summed E-state index contributed by atoms with van der Waals surface area (Å²) in [6.07, 6.45) is -1.25. The molecule has 0 amide bonds. The van der Waals surface area contributed by atoms with Gasteiger partial charge in [0.1, 0.15) is 48.7 Å². The van der Waals surface area contributed by atoms with Gasteiger partial charge in [0.15, 0.2) is 24.4 Å². The Morgan fingerprint density at radius 2 is 1.13 bits per heavy atom. The number of hydrogen-bond donors (Lipinski definition) is 0. The first-order chi connectivity index (χ1) is 23.1. The fraction of sp³-hybridized carbons (Fsp3) is 0.205. The molecule has 1 heterocycles. The van der Waals surface area contributed by atoms with E-state index in [1.54, 1.807) is 19.2 Å². The van der Waals surface area contributed by atoms with Gasteiger partial charge in [-0.2, -0.15) is 0 Å². The molecule has 5 aromatic carbocycles. The molecular formula is C39H36O8. The number of hydrogen-bond acceptors (Lipinski definition) is 8. The molecule has 240 valence electrons. The van der Waals surface area contributed by atoms with Crippen LogP contribution in [0.25, 0.3) is 0 Å². The van der Waals surface area contributed by atoms with Gasteiger partial charge in [-0.3, -0.25) is 4.79 Å². The number of carbonyl (C=O) groups excluding carboxylic acids is 1. The average Bonchev–Trinajstić information content (AvgIpc) is 3.93. The van der Waals surface area contributed by atoms with E-state index in [2.05, 4.69) is 0 Å². The van der Waals surface area contributed by atoms with E-state index in [0.717, 1.165) is 22.3 Å². The zero-order valence-electron chi connectivity index (χ0n) is 26.3. The Kier molecular flexibility index (Phi) is 10.3. The standard InChI is InChI=1S/C39H36O8/c1-41-26-46-35-22-31(43-23-27-12-6-3-7-13-27)21-34(45-25-29-16-10-5-11-17-29)36(35)37(40)39-38(47-39)30-18-19-32(42-2)33(20-30)44-24-28-14-8-4-9-15-28/h3-22,38-39H,23-26H2,1-2H3. The third-order valence-electron chi connectivity index (χ3n) is 7.61. The molecule has 8 nitrogen and oxygen atoms in total. The maximum Gasteiger partial charge on any atom is 0.202 e. The number of ether oxygens (including phenoxy) is 7. The number of ketones is 1. The third-order valence-corrected chi connectivity index (χ3v) is 7.61. The summed E-state index contributed by atoms with van der Waals surface area (Å²) >= 11 is 0. The van der Waals surface area contributed by atoms with E-state index in [1.165, 1.54) is 7.11 Å². The van der Waals surface area contributed by atoms with Crippen LogP contribution in [0.3, 0.4) is 0 Å². The summed E-state index contributed by atoms with van der Waals surface area (Å²) in [5.41, 5.74) is 4.02. The van der Waals surface area contributed by atoms with Crippen molar-refractivity contribution in [1.82, 2.24) is 0 Å². The van der Waals surface area contributed by atoms with Crippen LogP contribution in [0.2, 0.25) is 0 Å². The van der Waals surface area contributed by atoms with Crippen LogP contribution in [-0.4, -0.2) is 32.9 Å². The molecule has 2 atom stereocenters. The maximum absolute atomic E-state index is 14.2. The molecule has 5 aromatic rings. The normalized spacial score (nSPS) is 15.0. The summed E-state index contributed by atoms with van der Waals surface area (Å²) in [7, 11) is 3.11. The van der Waals surface area contributed by atoms with Crippen molar-refractivity contribution in [1.29, 1.82) is 0 Å². The van der Waals surface area contributed by atoms with Crippen LogP contribution in [-0.2, 0) is 29.3 Å². The van der Waals surface area contributed by atoms with Crippen molar-refractivity contribution in [2.45, 2.75) is 32.0 Å². The predicted octanol–water partition coefficient (Wildman–Crippen LogP) is 7.74. The van der Waals surface area contributed by atoms with Crippen molar-refractivity contribution < 1.29 is 38.0 Å². The summed E-state index contributed by atoms with van der Waals surface area (Å²) < 4.78 is 41.2. The first kappa shape index (κ1) is 31.7. The summed E-state index contributed by atoms with van der Waals surface area (Å²) in [6, 6.07) is 38.4.